The van der Waals surface area contributed by atoms with Crippen molar-refractivity contribution in [1.29, 1.82) is 0 Å². The Kier molecular flexibility index (Phi) is 7.87. The lowest BCUT2D eigenvalue weighted by molar-refractivity contribution is -0.135. The Morgan fingerprint density at radius 1 is 0.970 bits per heavy atom. The lowest BCUT2D eigenvalue weighted by atomic mass is 9.83. The summed E-state index contributed by atoms with van der Waals surface area (Å²) >= 11 is 0. The zero-order chi connectivity index (χ0) is 23.0. The van der Waals surface area contributed by atoms with Gasteiger partial charge in [-0.25, -0.2) is 9.59 Å². The van der Waals surface area contributed by atoms with Gasteiger partial charge in [0, 0.05) is 6.42 Å². The van der Waals surface area contributed by atoms with E-state index in [0.29, 0.717) is 30.4 Å². The Labute approximate surface area is 195 Å². The third-order valence-electron chi connectivity index (χ3n) is 6.38. The molecule has 0 aromatic heterocycles. The molecule has 2 aliphatic rings. The van der Waals surface area contributed by atoms with Gasteiger partial charge in [0.05, 0.1) is 13.2 Å². The normalized spacial score (nSPS) is 18.6. The van der Waals surface area contributed by atoms with Crippen LogP contribution in [0.3, 0.4) is 0 Å². The number of carbonyl (C=O) groups is 2. The van der Waals surface area contributed by atoms with Gasteiger partial charge < -0.3 is 19.5 Å². The van der Waals surface area contributed by atoms with Gasteiger partial charge >= 0.3 is 12.1 Å². The van der Waals surface area contributed by atoms with E-state index in [2.05, 4.69) is 35.2 Å². The lowest BCUT2D eigenvalue weighted by Gasteiger charge is -2.23. The smallest absolute Gasteiger partial charge is 0.415 e. The first-order valence-corrected chi connectivity index (χ1v) is 12.1. The van der Waals surface area contributed by atoms with E-state index in [9.17, 15) is 9.59 Å². The highest BCUT2D eigenvalue weighted by Gasteiger charge is 2.33. The van der Waals surface area contributed by atoms with Crippen molar-refractivity contribution in [3.05, 3.63) is 59.2 Å². The first-order valence-electron chi connectivity index (χ1n) is 12.1. The highest BCUT2D eigenvalue weighted by Crippen LogP contribution is 2.35. The summed E-state index contributed by atoms with van der Waals surface area (Å²) < 4.78 is 16.5. The Hall–Kier alpha value is -3.02. The molecular weight excluding hydrogens is 418 g/mol. The number of benzene rings is 2. The molecule has 1 heterocycles. The highest BCUT2D eigenvalue weighted by molar-refractivity contribution is 5.96. The van der Waals surface area contributed by atoms with Crippen molar-refractivity contribution in [2.45, 2.75) is 70.3 Å². The van der Waals surface area contributed by atoms with Crippen molar-refractivity contribution in [3.8, 4) is 11.5 Å². The van der Waals surface area contributed by atoms with Crippen LogP contribution in [0.2, 0.25) is 0 Å². The molecule has 33 heavy (non-hydrogen) atoms. The zero-order valence-electron chi connectivity index (χ0n) is 19.3. The summed E-state index contributed by atoms with van der Waals surface area (Å²) in [6.07, 6.45) is 8.80. The molecular formula is C27H33NO5. The molecule has 0 bridgehead atoms. The minimum Gasteiger partial charge on any atom is -0.493 e. The standard InChI is InChI=1S/C27H33NO5/c1-2-8-21-17-20(19-9-4-3-5-10-19)13-14-24(21)32-16-7-15-31-23-12-6-11-22(18-23)25-26(29)33-27(30)28-25/h6,11-14,17-19,25H,2-5,7-10,15-16H2,1H3,(H,28,30). The number of esters is 1. The Balaban J connectivity index is 1.27. The van der Waals surface area contributed by atoms with Gasteiger partial charge in [-0.15, -0.1) is 0 Å². The van der Waals surface area contributed by atoms with E-state index in [1.807, 2.05) is 6.07 Å². The predicted molar refractivity (Wildman–Crippen MR) is 126 cm³/mol. The van der Waals surface area contributed by atoms with Crippen LogP contribution in [0.4, 0.5) is 4.79 Å². The molecule has 2 aromatic carbocycles. The summed E-state index contributed by atoms with van der Waals surface area (Å²) in [5.41, 5.74) is 3.41. The number of aryl methyl sites for hydroxylation is 1. The van der Waals surface area contributed by atoms with Crippen LogP contribution in [-0.4, -0.2) is 25.3 Å². The monoisotopic (exact) mass is 451 g/mol. The Bertz CT molecular complexity index is 967. The summed E-state index contributed by atoms with van der Waals surface area (Å²) in [6.45, 7) is 3.27. The SMILES string of the molecule is CCCc1cc(C2CCCCC2)ccc1OCCCOc1cccc(C2NC(=O)OC2=O)c1. The van der Waals surface area contributed by atoms with Crippen LogP contribution < -0.4 is 14.8 Å². The first kappa shape index (κ1) is 23.1. The van der Waals surface area contributed by atoms with E-state index < -0.39 is 18.1 Å². The van der Waals surface area contributed by atoms with Crippen LogP contribution in [0.5, 0.6) is 11.5 Å². The molecule has 6 heteroatoms. The fourth-order valence-electron chi connectivity index (χ4n) is 4.69. The molecule has 4 rings (SSSR count). The third-order valence-corrected chi connectivity index (χ3v) is 6.38. The van der Waals surface area contributed by atoms with E-state index >= 15 is 0 Å². The molecule has 1 N–H and O–H groups in total. The maximum absolute atomic E-state index is 11.8. The second-order valence-electron chi connectivity index (χ2n) is 8.86. The molecule has 0 radical (unpaired) electrons. The number of cyclic esters (lactones) is 2. The molecule has 176 valence electrons. The first-order chi connectivity index (χ1) is 16.1. The topological polar surface area (TPSA) is 73.9 Å². The predicted octanol–water partition coefficient (Wildman–Crippen LogP) is 5.84. The van der Waals surface area contributed by atoms with Gasteiger partial charge in [0.1, 0.15) is 11.5 Å². The molecule has 2 aromatic rings. The van der Waals surface area contributed by atoms with Gasteiger partial charge in [0.15, 0.2) is 6.04 Å². The maximum Gasteiger partial charge on any atom is 0.415 e. The van der Waals surface area contributed by atoms with Crippen LogP contribution in [0, 0.1) is 0 Å². The fraction of sp³-hybridized carbons (Fsp3) is 0.481. The Morgan fingerprint density at radius 3 is 2.55 bits per heavy atom. The van der Waals surface area contributed by atoms with Gasteiger partial charge in [0.25, 0.3) is 0 Å². The summed E-state index contributed by atoms with van der Waals surface area (Å²) in [6, 6.07) is 13.1. The van der Waals surface area contributed by atoms with E-state index in [1.165, 1.54) is 43.2 Å². The number of hydrogen-bond donors (Lipinski definition) is 1. The number of carbonyl (C=O) groups excluding carboxylic acids is 2. The van der Waals surface area contributed by atoms with Crippen molar-refractivity contribution in [3.63, 3.8) is 0 Å². The largest absolute Gasteiger partial charge is 0.493 e. The number of hydrogen-bond acceptors (Lipinski definition) is 5. The van der Waals surface area contributed by atoms with Gasteiger partial charge in [-0.1, -0.05) is 56.9 Å². The van der Waals surface area contributed by atoms with Gasteiger partial charge in [-0.05, 0) is 60.1 Å². The van der Waals surface area contributed by atoms with Gasteiger partial charge in [0.2, 0.25) is 0 Å². The highest BCUT2D eigenvalue weighted by atomic mass is 16.6. The minimum absolute atomic E-state index is 0.494. The van der Waals surface area contributed by atoms with Crippen LogP contribution in [-0.2, 0) is 16.0 Å². The average molecular weight is 452 g/mol. The van der Waals surface area contributed by atoms with Crippen LogP contribution in [0.25, 0.3) is 0 Å². The average Bonchev–Trinajstić information content (AvgIpc) is 3.18. The van der Waals surface area contributed by atoms with Crippen LogP contribution >= 0.6 is 0 Å². The summed E-state index contributed by atoms with van der Waals surface area (Å²) in [7, 11) is 0. The number of alkyl carbamates (subject to hydrolysis) is 1. The summed E-state index contributed by atoms with van der Waals surface area (Å²) in [4.78, 5) is 23.0. The van der Waals surface area contributed by atoms with Crippen molar-refractivity contribution < 1.29 is 23.8 Å². The second kappa shape index (κ2) is 11.2. The maximum atomic E-state index is 11.8. The summed E-state index contributed by atoms with van der Waals surface area (Å²) in [5, 5.41) is 2.50. The molecule has 2 fully saturated rings. The molecule has 1 amide bonds. The van der Waals surface area contributed by atoms with Crippen LogP contribution in [0.15, 0.2) is 42.5 Å². The van der Waals surface area contributed by atoms with Gasteiger partial charge in [-0.2, -0.15) is 0 Å². The lowest BCUT2D eigenvalue weighted by Crippen LogP contribution is -2.19. The molecule has 1 saturated carbocycles. The van der Waals surface area contributed by atoms with Crippen molar-refractivity contribution >= 4 is 12.1 Å². The number of nitrogens with one attached hydrogen (secondary N) is 1. The number of rotatable bonds is 10. The summed E-state index contributed by atoms with van der Waals surface area (Å²) in [5.74, 6) is 1.73. The molecule has 1 unspecified atom stereocenters. The van der Waals surface area contributed by atoms with Crippen LogP contribution in [0.1, 0.15) is 80.5 Å². The molecule has 6 nitrogen and oxygen atoms in total. The molecule has 1 atom stereocenters. The van der Waals surface area contributed by atoms with E-state index in [0.717, 1.165) is 25.0 Å². The second-order valence-corrected chi connectivity index (χ2v) is 8.86. The van der Waals surface area contributed by atoms with Crippen molar-refractivity contribution in [1.82, 2.24) is 5.32 Å². The van der Waals surface area contributed by atoms with E-state index in [-0.39, 0.29) is 0 Å². The molecule has 0 spiro atoms. The van der Waals surface area contributed by atoms with E-state index in [1.54, 1.807) is 18.2 Å². The molecule has 1 aliphatic heterocycles. The van der Waals surface area contributed by atoms with Crippen molar-refractivity contribution in [2.75, 3.05) is 13.2 Å². The van der Waals surface area contributed by atoms with E-state index in [4.69, 9.17) is 9.47 Å². The third kappa shape index (κ3) is 6.06. The number of amides is 1. The quantitative estimate of drug-likeness (QED) is 0.279. The molecule has 1 saturated heterocycles. The number of ether oxygens (including phenoxy) is 3. The zero-order valence-corrected chi connectivity index (χ0v) is 19.3. The fourth-order valence-corrected chi connectivity index (χ4v) is 4.69. The minimum atomic E-state index is -0.780. The molecule has 1 aliphatic carbocycles. The van der Waals surface area contributed by atoms with Crippen molar-refractivity contribution in [2.24, 2.45) is 0 Å². The Morgan fingerprint density at radius 2 is 1.79 bits per heavy atom. The van der Waals surface area contributed by atoms with Gasteiger partial charge in [-0.3, -0.25) is 0 Å².